The fourth-order valence-corrected chi connectivity index (χ4v) is 1.69. The maximum Gasteiger partial charge on any atom is 0.118 e. The van der Waals surface area contributed by atoms with Crippen molar-refractivity contribution in [2.45, 2.75) is 13.3 Å². The molecule has 1 aromatic rings. The van der Waals surface area contributed by atoms with Gasteiger partial charge in [0.1, 0.15) is 5.75 Å². The van der Waals surface area contributed by atoms with Crippen LogP contribution < -0.4 is 4.90 Å². The van der Waals surface area contributed by atoms with Crippen molar-refractivity contribution in [2.24, 2.45) is 0 Å². The van der Waals surface area contributed by atoms with Gasteiger partial charge in [0.2, 0.25) is 0 Å². The molecule has 0 saturated heterocycles. The van der Waals surface area contributed by atoms with Crippen LogP contribution in [0.15, 0.2) is 12.1 Å². The summed E-state index contributed by atoms with van der Waals surface area (Å²) in [6.45, 7) is 3.00. The van der Waals surface area contributed by atoms with Crippen LogP contribution in [0.4, 0.5) is 5.69 Å². The summed E-state index contributed by atoms with van der Waals surface area (Å²) in [5, 5.41) is 9.45. The zero-order valence-corrected chi connectivity index (χ0v) is 7.46. The number of nitrogens with zero attached hydrogens (tertiary/aromatic N) is 1. The number of hydrogen-bond donors (Lipinski definition) is 1. The number of likely N-dealkylation sites (N-methyl/N-ethyl adjacent to an activating group) is 1. The summed E-state index contributed by atoms with van der Waals surface area (Å²) >= 11 is 0. The lowest BCUT2D eigenvalue weighted by Gasteiger charge is -2.12. The molecule has 0 saturated carbocycles. The minimum atomic E-state index is 0.420. The van der Waals surface area contributed by atoms with E-state index in [1.165, 1.54) is 11.3 Å². The smallest absolute Gasteiger partial charge is 0.118 e. The van der Waals surface area contributed by atoms with E-state index in [1.807, 2.05) is 13.0 Å². The van der Waals surface area contributed by atoms with Crippen LogP contribution in [0, 0.1) is 6.92 Å². The molecule has 0 fully saturated rings. The first kappa shape index (κ1) is 7.47. The van der Waals surface area contributed by atoms with E-state index in [0.717, 1.165) is 18.5 Å². The molecule has 0 bridgehead atoms. The highest BCUT2D eigenvalue weighted by molar-refractivity contribution is 5.61. The van der Waals surface area contributed by atoms with Crippen molar-refractivity contribution in [2.75, 3.05) is 18.5 Å². The van der Waals surface area contributed by atoms with Crippen LogP contribution >= 0.6 is 0 Å². The summed E-state index contributed by atoms with van der Waals surface area (Å²) in [6, 6.07) is 3.94. The zero-order valence-electron chi connectivity index (χ0n) is 7.46. The molecular formula is C10H13NO. The highest BCUT2D eigenvalue weighted by atomic mass is 16.3. The Bertz CT molecular complexity index is 320. The van der Waals surface area contributed by atoms with E-state index in [9.17, 15) is 5.11 Å². The predicted octanol–water partition coefficient (Wildman–Crippen LogP) is 1.69. The van der Waals surface area contributed by atoms with Gasteiger partial charge in [0.05, 0.1) is 0 Å². The Hall–Kier alpha value is -1.18. The number of anilines is 1. The van der Waals surface area contributed by atoms with E-state index in [1.54, 1.807) is 0 Å². The molecule has 0 aromatic heterocycles. The SMILES string of the molecule is Cc1cc2c(cc1O)CCN2C. The normalized spacial score (nSPS) is 15.0. The van der Waals surface area contributed by atoms with E-state index < -0.39 is 0 Å². The van der Waals surface area contributed by atoms with E-state index in [2.05, 4.69) is 18.0 Å². The number of rotatable bonds is 0. The molecule has 0 radical (unpaired) electrons. The third-order valence-electron chi connectivity index (χ3n) is 2.52. The molecule has 0 aliphatic carbocycles. The topological polar surface area (TPSA) is 23.5 Å². The molecule has 2 rings (SSSR count). The van der Waals surface area contributed by atoms with Crippen LogP contribution in [0.25, 0.3) is 0 Å². The fourth-order valence-electron chi connectivity index (χ4n) is 1.69. The third-order valence-corrected chi connectivity index (χ3v) is 2.52. The number of phenols is 1. The van der Waals surface area contributed by atoms with Gasteiger partial charge in [0, 0.05) is 19.3 Å². The van der Waals surface area contributed by atoms with Gasteiger partial charge in [-0.15, -0.1) is 0 Å². The molecule has 2 nitrogen and oxygen atoms in total. The molecule has 1 heterocycles. The molecule has 1 N–H and O–H groups in total. The number of aryl methyl sites for hydroxylation is 1. The number of hydrogen-bond acceptors (Lipinski definition) is 2. The van der Waals surface area contributed by atoms with E-state index in [-0.39, 0.29) is 0 Å². The third kappa shape index (κ3) is 0.951. The molecule has 0 spiro atoms. The summed E-state index contributed by atoms with van der Waals surface area (Å²) in [6.07, 6.45) is 1.06. The van der Waals surface area contributed by atoms with Gasteiger partial charge >= 0.3 is 0 Å². The maximum absolute atomic E-state index is 9.45. The van der Waals surface area contributed by atoms with Gasteiger partial charge in [0.25, 0.3) is 0 Å². The molecule has 2 heteroatoms. The van der Waals surface area contributed by atoms with E-state index >= 15 is 0 Å². The molecule has 1 aliphatic heterocycles. The lowest BCUT2D eigenvalue weighted by atomic mass is 10.1. The maximum atomic E-state index is 9.45. The summed E-state index contributed by atoms with van der Waals surface area (Å²) < 4.78 is 0. The highest BCUT2D eigenvalue weighted by Crippen LogP contribution is 2.32. The van der Waals surface area contributed by atoms with Crippen molar-refractivity contribution in [1.82, 2.24) is 0 Å². The second-order valence-electron chi connectivity index (χ2n) is 3.44. The van der Waals surface area contributed by atoms with Crippen LogP contribution in [-0.2, 0) is 6.42 Å². The largest absolute Gasteiger partial charge is 0.508 e. The summed E-state index contributed by atoms with van der Waals surface area (Å²) in [5.41, 5.74) is 3.49. The zero-order chi connectivity index (χ0) is 8.72. The summed E-state index contributed by atoms with van der Waals surface area (Å²) in [4.78, 5) is 2.22. The van der Waals surface area contributed by atoms with Gasteiger partial charge in [-0.25, -0.2) is 0 Å². The fraction of sp³-hybridized carbons (Fsp3) is 0.400. The monoisotopic (exact) mass is 163 g/mol. The number of fused-ring (bicyclic) bond motifs is 1. The van der Waals surface area contributed by atoms with Crippen LogP contribution in [-0.4, -0.2) is 18.7 Å². The van der Waals surface area contributed by atoms with Crippen LogP contribution in [0.1, 0.15) is 11.1 Å². The van der Waals surface area contributed by atoms with Gasteiger partial charge in [-0.05, 0) is 36.6 Å². The minimum absolute atomic E-state index is 0.420. The van der Waals surface area contributed by atoms with Gasteiger partial charge in [-0.2, -0.15) is 0 Å². The lowest BCUT2D eigenvalue weighted by molar-refractivity contribution is 0.470. The average Bonchev–Trinajstić information content (AvgIpc) is 2.35. The lowest BCUT2D eigenvalue weighted by Crippen LogP contribution is -2.12. The molecule has 0 atom stereocenters. The van der Waals surface area contributed by atoms with Gasteiger partial charge in [0.15, 0.2) is 0 Å². The first-order valence-corrected chi connectivity index (χ1v) is 4.22. The van der Waals surface area contributed by atoms with Crippen molar-refractivity contribution in [3.05, 3.63) is 23.3 Å². The molecule has 0 unspecified atom stereocenters. The first-order valence-electron chi connectivity index (χ1n) is 4.22. The van der Waals surface area contributed by atoms with Crippen molar-refractivity contribution in [1.29, 1.82) is 0 Å². The Balaban J connectivity index is 2.56. The Morgan fingerprint density at radius 1 is 1.42 bits per heavy atom. The standard InChI is InChI=1S/C10H13NO/c1-7-5-9-8(6-10(7)12)3-4-11(9)2/h5-6,12H,3-4H2,1-2H3. The number of benzene rings is 1. The summed E-state index contributed by atoms with van der Waals surface area (Å²) in [5.74, 6) is 0.420. The Labute approximate surface area is 72.4 Å². The van der Waals surface area contributed by atoms with Crippen LogP contribution in [0.2, 0.25) is 0 Å². The number of phenolic OH excluding ortho intramolecular Hbond substituents is 1. The van der Waals surface area contributed by atoms with Crippen LogP contribution in [0.3, 0.4) is 0 Å². The molecule has 1 aromatic carbocycles. The van der Waals surface area contributed by atoms with E-state index in [4.69, 9.17) is 0 Å². The molecule has 12 heavy (non-hydrogen) atoms. The second kappa shape index (κ2) is 2.41. The molecular weight excluding hydrogens is 150 g/mol. The van der Waals surface area contributed by atoms with Gasteiger partial charge < -0.3 is 10.0 Å². The van der Waals surface area contributed by atoms with Crippen molar-refractivity contribution >= 4 is 5.69 Å². The Morgan fingerprint density at radius 3 is 2.92 bits per heavy atom. The Morgan fingerprint density at radius 2 is 2.17 bits per heavy atom. The van der Waals surface area contributed by atoms with E-state index in [0.29, 0.717) is 5.75 Å². The quantitative estimate of drug-likeness (QED) is 0.629. The Kier molecular flexibility index (Phi) is 1.50. The minimum Gasteiger partial charge on any atom is -0.508 e. The van der Waals surface area contributed by atoms with Crippen molar-refractivity contribution < 1.29 is 5.11 Å². The van der Waals surface area contributed by atoms with Crippen molar-refractivity contribution in [3.63, 3.8) is 0 Å². The van der Waals surface area contributed by atoms with Gasteiger partial charge in [-0.1, -0.05) is 0 Å². The molecule has 64 valence electrons. The molecule has 0 amide bonds. The number of aromatic hydroxyl groups is 1. The molecule has 1 aliphatic rings. The summed E-state index contributed by atoms with van der Waals surface area (Å²) in [7, 11) is 2.09. The van der Waals surface area contributed by atoms with Gasteiger partial charge in [-0.3, -0.25) is 0 Å². The first-order chi connectivity index (χ1) is 5.68. The van der Waals surface area contributed by atoms with Crippen LogP contribution in [0.5, 0.6) is 5.75 Å². The van der Waals surface area contributed by atoms with Crippen molar-refractivity contribution in [3.8, 4) is 5.75 Å². The average molecular weight is 163 g/mol. The highest BCUT2D eigenvalue weighted by Gasteiger charge is 2.16. The second-order valence-corrected chi connectivity index (χ2v) is 3.44. The predicted molar refractivity (Wildman–Crippen MR) is 49.8 cm³/mol.